The first-order valence-electron chi connectivity index (χ1n) is 10.4. The quantitative estimate of drug-likeness (QED) is 0.347. The van der Waals surface area contributed by atoms with Crippen molar-refractivity contribution in [1.29, 1.82) is 0 Å². The molecule has 6 nitrogen and oxygen atoms in total. The van der Waals surface area contributed by atoms with Gasteiger partial charge in [0.2, 0.25) is 5.91 Å². The van der Waals surface area contributed by atoms with Crippen molar-refractivity contribution in [3.05, 3.63) is 69.6 Å². The maximum atomic E-state index is 12.4. The number of imide groups is 1. The first-order chi connectivity index (χ1) is 15.4. The number of fused-ring (bicyclic) bond motifs is 1. The van der Waals surface area contributed by atoms with E-state index in [0.717, 1.165) is 22.6 Å². The van der Waals surface area contributed by atoms with Crippen molar-refractivity contribution in [2.24, 2.45) is 0 Å². The molecule has 0 unspecified atom stereocenters. The number of hydrogen-bond donors (Lipinski definition) is 1. The number of thiazole rings is 1. The molecule has 1 N–H and O–H groups in total. The Bertz CT molecular complexity index is 1140. The second kappa shape index (κ2) is 9.63. The molecule has 0 saturated carbocycles. The van der Waals surface area contributed by atoms with Gasteiger partial charge in [-0.05, 0) is 44.0 Å². The van der Waals surface area contributed by atoms with Gasteiger partial charge in [0.05, 0.1) is 16.8 Å². The molecule has 0 fully saturated rings. The molecular weight excluding hydrogens is 446 g/mol. The number of anilines is 1. The van der Waals surface area contributed by atoms with Gasteiger partial charge in [-0.15, -0.1) is 11.3 Å². The number of aryl methyl sites for hydroxylation is 1. The van der Waals surface area contributed by atoms with E-state index < -0.39 is 0 Å². The highest BCUT2D eigenvalue weighted by Gasteiger charge is 2.34. The van der Waals surface area contributed by atoms with Crippen LogP contribution in [-0.2, 0) is 4.79 Å². The number of benzene rings is 2. The van der Waals surface area contributed by atoms with Crippen molar-refractivity contribution in [3.63, 3.8) is 0 Å². The fourth-order valence-corrected chi connectivity index (χ4v) is 4.66. The van der Waals surface area contributed by atoms with Gasteiger partial charge in [0.1, 0.15) is 0 Å². The maximum absolute atomic E-state index is 12.4. The molecule has 1 aliphatic heterocycles. The van der Waals surface area contributed by atoms with E-state index >= 15 is 0 Å². The highest BCUT2D eigenvalue weighted by atomic mass is 35.5. The Balaban J connectivity index is 1.22. The van der Waals surface area contributed by atoms with Gasteiger partial charge < -0.3 is 5.32 Å². The predicted octanol–water partition coefficient (Wildman–Crippen LogP) is 5.57. The zero-order valence-electron chi connectivity index (χ0n) is 17.6. The Hall–Kier alpha value is -3.03. The third-order valence-corrected chi connectivity index (χ3v) is 6.46. The Morgan fingerprint density at radius 3 is 2.31 bits per heavy atom. The molecule has 0 radical (unpaired) electrons. The number of rotatable bonds is 8. The van der Waals surface area contributed by atoms with E-state index in [9.17, 15) is 14.4 Å². The van der Waals surface area contributed by atoms with E-state index in [0.29, 0.717) is 47.1 Å². The minimum absolute atomic E-state index is 0.0952. The number of halogens is 1. The normalized spacial score (nSPS) is 12.9. The molecular formula is C24H22ClN3O3S. The minimum Gasteiger partial charge on any atom is -0.302 e. The van der Waals surface area contributed by atoms with Gasteiger partial charge in [0.15, 0.2) is 5.13 Å². The van der Waals surface area contributed by atoms with Crippen LogP contribution >= 0.6 is 22.9 Å². The van der Waals surface area contributed by atoms with Crippen LogP contribution < -0.4 is 5.32 Å². The third kappa shape index (κ3) is 4.74. The Morgan fingerprint density at radius 2 is 1.66 bits per heavy atom. The molecule has 0 atom stereocenters. The molecule has 1 aromatic heterocycles. The molecule has 2 aromatic carbocycles. The minimum atomic E-state index is -0.237. The number of nitrogens with one attached hydrogen (secondary N) is 1. The van der Waals surface area contributed by atoms with Gasteiger partial charge in [-0.2, -0.15) is 0 Å². The molecule has 3 amide bonds. The highest BCUT2D eigenvalue weighted by Crippen LogP contribution is 2.31. The molecule has 8 heteroatoms. The second-order valence-corrected chi connectivity index (χ2v) is 9.24. The second-order valence-electron chi connectivity index (χ2n) is 7.60. The lowest BCUT2D eigenvalue weighted by atomic mass is 10.1. The summed E-state index contributed by atoms with van der Waals surface area (Å²) in [6, 6.07) is 14.3. The molecule has 164 valence electrons. The molecule has 32 heavy (non-hydrogen) atoms. The van der Waals surface area contributed by atoms with Gasteiger partial charge in [0, 0.05) is 28.4 Å². The lowest BCUT2D eigenvalue weighted by Gasteiger charge is -2.13. The zero-order chi connectivity index (χ0) is 22.7. The standard InChI is InChI=1S/C24H22ClN3O3S/c1-15-21(16-10-12-17(25)13-11-16)27-24(32-15)26-20(29)9-3-2-6-14-28-22(30)18-7-4-5-8-19(18)23(28)31/h4-5,7-8,10-13H,2-3,6,9,14H2,1H3,(H,26,27,29). The zero-order valence-corrected chi connectivity index (χ0v) is 19.1. The van der Waals surface area contributed by atoms with E-state index in [4.69, 9.17) is 11.6 Å². The average molecular weight is 468 g/mol. The van der Waals surface area contributed by atoms with Crippen LogP contribution in [0.25, 0.3) is 11.3 Å². The number of carbonyl (C=O) groups excluding carboxylic acids is 3. The van der Waals surface area contributed by atoms with Gasteiger partial charge in [-0.1, -0.05) is 42.3 Å². The lowest BCUT2D eigenvalue weighted by molar-refractivity contribution is -0.116. The van der Waals surface area contributed by atoms with Crippen molar-refractivity contribution in [1.82, 2.24) is 9.88 Å². The van der Waals surface area contributed by atoms with Gasteiger partial charge in [-0.3, -0.25) is 19.3 Å². The molecule has 1 aliphatic rings. The molecule has 0 saturated heterocycles. The Kier molecular flexibility index (Phi) is 6.67. The van der Waals surface area contributed by atoms with Crippen LogP contribution in [0.2, 0.25) is 5.02 Å². The number of nitrogens with zero attached hydrogens (tertiary/aromatic N) is 2. The van der Waals surface area contributed by atoms with E-state index in [1.54, 1.807) is 24.3 Å². The molecule has 0 aliphatic carbocycles. The summed E-state index contributed by atoms with van der Waals surface area (Å²) in [5, 5.41) is 4.10. The summed E-state index contributed by atoms with van der Waals surface area (Å²) >= 11 is 7.38. The van der Waals surface area contributed by atoms with Crippen molar-refractivity contribution >= 4 is 45.8 Å². The first-order valence-corrected chi connectivity index (χ1v) is 11.6. The topological polar surface area (TPSA) is 79.4 Å². The van der Waals surface area contributed by atoms with Crippen LogP contribution in [0.4, 0.5) is 5.13 Å². The van der Waals surface area contributed by atoms with Crippen LogP contribution in [0.1, 0.15) is 51.3 Å². The smallest absolute Gasteiger partial charge is 0.261 e. The Morgan fingerprint density at radius 1 is 1.00 bits per heavy atom. The fraction of sp³-hybridized carbons (Fsp3) is 0.250. The van der Waals surface area contributed by atoms with E-state index in [1.807, 2.05) is 31.2 Å². The van der Waals surface area contributed by atoms with Gasteiger partial charge in [-0.25, -0.2) is 4.98 Å². The third-order valence-electron chi connectivity index (χ3n) is 5.32. The number of amides is 3. The van der Waals surface area contributed by atoms with Crippen LogP contribution in [0.3, 0.4) is 0 Å². The molecule has 3 aromatic rings. The predicted molar refractivity (Wildman–Crippen MR) is 126 cm³/mol. The highest BCUT2D eigenvalue weighted by molar-refractivity contribution is 7.16. The van der Waals surface area contributed by atoms with Crippen molar-refractivity contribution < 1.29 is 14.4 Å². The van der Waals surface area contributed by atoms with Crippen LogP contribution in [0.15, 0.2) is 48.5 Å². The summed E-state index contributed by atoms with van der Waals surface area (Å²) in [6.07, 6.45) is 2.43. The van der Waals surface area contributed by atoms with Gasteiger partial charge >= 0.3 is 0 Å². The first kappa shape index (κ1) is 22.2. The molecule has 0 bridgehead atoms. The number of aromatic nitrogens is 1. The van der Waals surface area contributed by atoms with Crippen LogP contribution in [-0.4, -0.2) is 34.2 Å². The average Bonchev–Trinajstić information content (AvgIpc) is 3.26. The largest absolute Gasteiger partial charge is 0.302 e. The number of unbranched alkanes of at least 4 members (excludes halogenated alkanes) is 2. The molecule has 0 spiro atoms. The fourth-order valence-electron chi connectivity index (χ4n) is 3.68. The lowest BCUT2D eigenvalue weighted by Crippen LogP contribution is -2.30. The summed E-state index contributed by atoms with van der Waals surface area (Å²) < 4.78 is 0. The van der Waals surface area contributed by atoms with E-state index in [1.165, 1.54) is 16.2 Å². The van der Waals surface area contributed by atoms with Crippen molar-refractivity contribution in [3.8, 4) is 11.3 Å². The summed E-state index contributed by atoms with van der Waals surface area (Å²) in [7, 11) is 0. The molecule has 4 rings (SSSR count). The molecule has 2 heterocycles. The summed E-state index contributed by atoms with van der Waals surface area (Å²) in [5.41, 5.74) is 2.72. The monoisotopic (exact) mass is 467 g/mol. The maximum Gasteiger partial charge on any atom is 0.261 e. The van der Waals surface area contributed by atoms with Gasteiger partial charge in [0.25, 0.3) is 11.8 Å². The van der Waals surface area contributed by atoms with Crippen LogP contribution in [0.5, 0.6) is 0 Å². The summed E-state index contributed by atoms with van der Waals surface area (Å²) in [6.45, 7) is 2.33. The summed E-state index contributed by atoms with van der Waals surface area (Å²) in [5.74, 6) is -0.569. The van der Waals surface area contributed by atoms with E-state index in [-0.39, 0.29) is 17.7 Å². The van der Waals surface area contributed by atoms with Crippen molar-refractivity contribution in [2.45, 2.75) is 32.6 Å². The van der Waals surface area contributed by atoms with Crippen LogP contribution in [0, 0.1) is 6.92 Å². The summed E-state index contributed by atoms with van der Waals surface area (Å²) in [4.78, 5) is 43.9. The Labute approximate surface area is 195 Å². The SMILES string of the molecule is Cc1sc(NC(=O)CCCCCN2C(=O)c3ccccc3C2=O)nc1-c1ccc(Cl)cc1. The van der Waals surface area contributed by atoms with E-state index in [2.05, 4.69) is 10.3 Å². The number of hydrogen-bond acceptors (Lipinski definition) is 5. The number of carbonyl (C=O) groups is 3. The van der Waals surface area contributed by atoms with Crippen molar-refractivity contribution in [2.75, 3.05) is 11.9 Å².